The first-order valence-electron chi connectivity index (χ1n) is 5.77. The van der Waals surface area contributed by atoms with E-state index in [1.807, 2.05) is 0 Å². The highest BCUT2D eigenvalue weighted by molar-refractivity contribution is 8.13. The Bertz CT molecular complexity index is 366. The predicted octanol–water partition coefficient (Wildman–Crippen LogP) is 0.643. The smallest absolute Gasteiger partial charge is 0.208 e. The van der Waals surface area contributed by atoms with E-state index in [0.29, 0.717) is 25.0 Å². The quantitative estimate of drug-likeness (QED) is 0.725. The number of aliphatic imine (C=N–C) groups is 1. The zero-order valence-corrected chi connectivity index (χ0v) is 12.2. The van der Waals surface area contributed by atoms with E-state index in [1.54, 1.807) is 11.8 Å². The Hall–Kier alpha value is -0.270. The average Bonchev–Trinajstić information content (AvgIpc) is 2.23. The summed E-state index contributed by atoms with van der Waals surface area (Å²) in [6.07, 6.45) is 2.31. The van der Waals surface area contributed by atoms with Crippen LogP contribution >= 0.6 is 11.8 Å². The van der Waals surface area contributed by atoms with Crippen LogP contribution in [0, 0.1) is 5.92 Å². The maximum Gasteiger partial charge on any atom is 0.208 e. The molecule has 0 aromatic heterocycles. The summed E-state index contributed by atoms with van der Waals surface area (Å²) in [5.74, 6) is 1.67. The summed E-state index contributed by atoms with van der Waals surface area (Å²) in [7, 11) is -3.10. The lowest BCUT2D eigenvalue weighted by Gasteiger charge is -2.28. The summed E-state index contributed by atoms with van der Waals surface area (Å²) in [6.45, 7) is 5.22. The SMILES string of the molecule is CC(C)C1CCSC(=NCCNS(C)(=O)=O)N1. The molecule has 0 bridgehead atoms. The molecule has 0 aliphatic carbocycles. The molecule has 1 heterocycles. The third-order valence-corrected chi connectivity index (χ3v) is 4.20. The second-order valence-corrected chi connectivity index (χ2v) is 7.40. The van der Waals surface area contributed by atoms with Gasteiger partial charge in [-0.25, -0.2) is 13.1 Å². The molecule has 100 valence electrons. The van der Waals surface area contributed by atoms with Crippen molar-refractivity contribution < 1.29 is 8.42 Å². The van der Waals surface area contributed by atoms with Gasteiger partial charge in [0.1, 0.15) is 0 Å². The van der Waals surface area contributed by atoms with E-state index < -0.39 is 10.0 Å². The molecule has 2 N–H and O–H groups in total. The van der Waals surface area contributed by atoms with Crippen molar-refractivity contribution in [2.24, 2.45) is 10.9 Å². The number of nitrogens with one attached hydrogen (secondary N) is 2. The van der Waals surface area contributed by atoms with Crippen LogP contribution in [0.4, 0.5) is 0 Å². The fraction of sp³-hybridized carbons (Fsp3) is 0.900. The first-order valence-corrected chi connectivity index (χ1v) is 8.64. The van der Waals surface area contributed by atoms with Gasteiger partial charge < -0.3 is 5.32 Å². The molecule has 0 aromatic carbocycles. The van der Waals surface area contributed by atoms with Gasteiger partial charge >= 0.3 is 0 Å². The van der Waals surface area contributed by atoms with E-state index in [-0.39, 0.29) is 0 Å². The van der Waals surface area contributed by atoms with Gasteiger partial charge in [0, 0.05) is 18.3 Å². The van der Waals surface area contributed by atoms with Crippen molar-refractivity contribution in [3.63, 3.8) is 0 Å². The zero-order chi connectivity index (χ0) is 12.9. The van der Waals surface area contributed by atoms with Gasteiger partial charge in [0.25, 0.3) is 0 Å². The Kier molecular flexibility index (Phi) is 5.75. The monoisotopic (exact) mass is 279 g/mol. The third-order valence-electron chi connectivity index (χ3n) is 2.51. The standard InChI is InChI=1S/C10H21N3O2S2/c1-8(2)9-4-7-16-10(13-9)11-5-6-12-17(3,14)15/h8-9,12H,4-7H2,1-3H3,(H,11,13). The number of hydrogen-bond donors (Lipinski definition) is 2. The number of amidine groups is 1. The molecule has 1 saturated heterocycles. The van der Waals surface area contributed by atoms with Crippen LogP contribution < -0.4 is 10.0 Å². The molecule has 1 aliphatic rings. The first-order chi connectivity index (χ1) is 7.88. The fourth-order valence-electron chi connectivity index (χ4n) is 1.53. The summed E-state index contributed by atoms with van der Waals surface area (Å²) in [5, 5.41) is 4.32. The van der Waals surface area contributed by atoms with E-state index in [4.69, 9.17) is 0 Å². The van der Waals surface area contributed by atoms with Crippen LogP contribution in [-0.2, 0) is 10.0 Å². The van der Waals surface area contributed by atoms with Gasteiger partial charge in [0.2, 0.25) is 10.0 Å². The predicted molar refractivity (Wildman–Crippen MR) is 74.0 cm³/mol. The summed E-state index contributed by atoms with van der Waals surface area (Å²) in [6, 6.07) is 0.484. The van der Waals surface area contributed by atoms with Crippen molar-refractivity contribution in [1.29, 1.82) is 0 Å². The lowest BCUT2D eigenvalue weighted by atomic mass is 10.0. The molecule has 0 amide bonds. The van der Waals surface area contributed by atoms with Crippen molar-refractivity contribution in [2.75, 3.05) is 25.1 Å². The number of nitrogens with zero attached hydrogens (tertiary/aromatic N) is 1. The van der Waals surface area contributed by atoms with Crippen LogP contribution in [0.3, 0.4) is 0 Å². The molecular formula is C10H21N3O2S2. The lowest BCUT2D eigenvalue weighted by Crippen LogP contribution is -2.41. The third kappa shape index (κ3) is 6.28. The van der Waals surface area contributed by atoms with Gasteiger partial charge in [-0.05, 0) is 12.3 Å². The maximum atomic E-state index is 10.8. The minimum absolute atomic E-state index is 0.358. The Morgan fingerprint density at radius 2 is 2.29 bits per heavy atom. The summed E-state index contributed by atoms with van der Waals surface area (Å²) < 4.78 is 24.1. The number of thioether (sulfide) groups is 1. The average molecular weight is 279 g/mol. The van der Waals surface area contributed by atoms with Crippen molar-refractivity contribution in [2.45, 2.75) is 26.3 Å². The van der Waals surface area contributed by atoms with E-state index >= 15 is 0 Å². The van der Waals surface area contributed by atoms with Gasteiger partial charge in [-0.3, -0.25) is 4.99 Å². The van der Waals surface area contributed by atoms with Gasteiger partial charge in [0.15, 0.2) is 5.17 Å². The Labute approximate surface area is 108 Å². The van der Waals surface area contributed by atoms with Crippen molar-refractivity contribution in [3.05, 3.63) is 0 Å². The van der Waals surface area contributed by atoms with Crippen LogP contribution in [0.2, 0.25) is 0 Å². The molecule has 1 aliphatic heterocycles. The topological polar surface area (TPSA) is 70.6 Å². The first kappa shape index (κ1) is 14.8. The molecule has 0 saturated carbocycles. The summed E-state index contributed by atoms with van der Waals surface area (Å²) in [5.41, 5.74) is 0. The largest absolute Gasteiger partial charge is 0.362 e. The molecular weight excluding hydrogens is 258 g/mol. The zero-order valence-electron chi connectivity index (χ0n) is 10.6. The summed E-state index contributed by atoms with van der Waals surface area (Å²) >= 11 is 1.70. The van der Waals surface area contributed by atoms with Gasteiger partial charge in [0.05, 0.1) is 12.8 Å². The number of sulfonamides is 1. The van der Waals surface area contributed by atoms with Crippen molar-refractivity contribution in [3.8, 4) is 0 Å². The normalized spacial score (nSPS) is 24.0. The number of hydrogen-bond acceptors (Lipinski definition) is 4. The van der Waals surface area contributed by atoms with E-state index in [0.717, 1.165) is 23.6 Å². The highest BCUT2D eigenvalue weighted by atomic mass is 32.2. The molecule has 1 rings (SSSR count). The molecule has 0 radical (unpaired) electrons. The van der Waals surface area contributed by atoms with E-state index in [1.165, 1.54) is 0 Å². The minimum atomic E-state index is -3.10. The van der Waals surface area contributed by atoms with Crippen LogP contribution in [-0.4, -0.2) is 44.7 Å². The molecule has 17 heavy (non-hydrogen) atoms. The fourth-order valence-corrected chi connectivity index (χ4v) is 2.98. The van der Waals surface area contributed by atoms with Crippen molar-refractivity contribution in [1.82, 2.24) is 10.0 Å². The van der Waals surface area contributed by atoms with E-state index in [2.05, 4.69) is 28.9 Å². The Morgan fingerprint density at radius 3 is 2.88 bits per heavy atom. The molecule has 5 nitrogen and oxygen atoms in total. The van der Waals surface area contributed by atoms with Crippen LogP contribution in [0.1, 0.15) is 20.3 Å². The lowest BCUT2D eigenvalue weighted by molar-refractivity contribution is 0.442. The Balaban J connectivity index is 2.34. The Morgan fingerprint density at radius 1 is 1.59 bits per heavy atom. The van der Waals surface area contributed by atoms with Crippen LogP contribution in [0.15, 0.2) is 4.99 Å². The molecule has 7 heteroatoms. The second-order valence-electron chi connectivity index (χ2n) is 4.49. The van der Waals surface area contributed by atoms with Crippen LogP contribution in [0.25, 0.3) is 0 Å². The molecule has 0 spiro atoms. The highest BCUT2D eigenvalue weighted by Gasteiger charge is 2.19. The molecule has 1 atom stereocenters. The minimum Gasteiger partial charge on any atom is -0.362 e. The highest BCUT2D eigenvalue weighted by Crippen LogP contribution is 2.18. The second kappa shape index (κ2) is 6.61. The molecule has 1 fully saturated rings. The van der Waals surface area contributed by atoms with Gasteiger partial charge in [-0.15, -0.1) is 0 Å². The van der Waals surface area contributed by atoms with Gasteiger partial charge in [-0.2, -0.15) is 0 Å². The van der Waals surface area contributed by atoms with Crippen molar-refractivity contribution >= 4 is 27.0 Å². The van der Waals surface area contributed by atoms with Gasteiger partial charge in [-0.1, -0.05) is 25.6 Å². The van der Waals surface area contributed by atoms with Crippen LogP contribution in [0.5, 0.6) is 0 Å². The molecule has 0 aromatic rings. The van der Waals surface area contributed by atoms with E-state index in [9.17, 15) is 8.42 Å². The molecule has 1 unspecified atom stereocenters. The maximum absolute atomic E-state index is 10.8. The number of rotatable bonds is 5. The summed E-state index contributed by atoms with van der Waals surface area (Å²) in [4.78, 5) is 4.36.